The van der Waals surface area contributed by atoms with E-state index < -0.39 is 28.5 Å². The van der Waals surface area contributed by atoms with Gasteiger partial charge in [0.2, 0.25) is 0 Å². The van der Waals surface area contributed by atoms with Gasteiger partial charge >= 0.3 is 11.6 Å². The van der Waals surface area contributed by atoms with Crippen molar-refractivity contribution in [2.75, 3.05) is 13.7 Å². The molecule has 2 aromatic carbocycles. The number of esters is 1. The Hall–Kier alpha value is -3.73. The lowest BCUT2D eigenvalue weighted by Gasteiger charge is -2.18. The van der Waals surface area contributed by atoms with Gasteiger partial charge < -0.3 is 19.2 Å². The van der Waals surface area contributed by atoms with E-state index in [1.165, 1.54) is 37.4 Å². The first-order chi connectivity index (χ1) is 15.7. The molecule has 0 fully saturated rings. The van der Waals surface area contributed by atoms with Crippen LogP contribution in [0.25, 0.3) is 11.0 Å². The third-order valence-electron chi connectivity index (χ3n) is 4.69. The van der Waals surface area contributed by atoms with Crippen LogP contribution in [0.2, 0.25) is 0 Å². The van der Waals surface area contributed by atoms with Crippen LogP contribution in [-0.4, -0.2) is 30.5 Å². The first-order valence-electron chi connectivity index (χ1n) is 9.75. The van der Waals surface area contributed by atoms with E-state index in [0.29, 0.717) is 21.2 Å². The lowest BCUT2D eigenvalue weighted by Crippen LogP contribution is -2.33. The van der Waals surface area contributed by atoms with Crippen LogP contribution in [-0.2, 0) is 9.53 Å². The highest BCUT2D eigenvalue weighted by Gasteiger charge is 2.24. The van der Waals surface area contributed by atoms with E-state index in [1.807, 2.05) is 0 Å². The molecule has 0 unspecified atom stereocenters. The van der Waals surface area contributed by atoms with E-state index in [0.717, 1.165) is 0 Å². The summed E-state index contributed by atoms with van der Waals surface area (Å²) in [6.07, 6.45) is -0.293. The Labute approximate surface area is 195 Å². The highest BCUT2D eigenvalue weighted by atomic mass is 79.9. The number of nitro benzene ring substituents is 1. The summed E-state index contributed by atoms with van der Waals surface area (Å²) in [7, 11) is 1.42. The van der Waals surface area contributed by atoms with Gasteiger partial charge in [-0.2, -0.15) is 0 Å². The van der Waals surface area contributed by atoms with Gasteiger partial charge in [-0.3, -0.25) is 19.7 Å². The monoisotopic (exact) mass is 518 g/mol. The van der Waals surface area contributed by atoms with Crippen molar-refractivity contribution in [2.24, 2.45) is 0 Å². The third kappa shape index (κ3) is 5.55. The van der Waals surface area contributed by atoms with Crippen LogP contribution in [0, 0.1) is 10.1 Å². The number of hydrogen-bond donors (Lipinski definition) is 1. The molecule has 3 rings (SSSR count). The molecule has 0 bridgehead atoms. The molecule has 0 radical (unpaired) electrons. The number of nitro groups is 1. The van der Waals surface area contributed by atoms with E-state index in [1.54, 1.807) is 19.1 Å². The summed E-state index contributed by atoms with van der Waals surface area (Å²) >= 11 is 3.33. The maximum Gasteiger partial charge on any atom is 0.349 e. The van der Waals surface area contributed by atoms with Crippen molar-refractivity contribution in [3.63, 3.8) is 0 Å². The van der Waals surface area contributed by atoms with Gasteiger partial charge in [-0.15, -0.1) is 0 Å². The minimum Gasteiger partial charge on any atom is -0.493 e. The number of hydrogen-bond acceptors (Lipinski definition) is 8. The number of methoxy groups -OCH3 is 1. The second-order valence-electron chi connectivity index (χ2n) is 6.86. The molecule has 11 heteroatoms. The average Bonchev–Trinajstić information content (AvgIpc) is 2.78. The molecule has 33 heavy (non-hydrogen) atoms. The fourth-order valence-corrected chi connectivity index (χ4v) is 3.66. The number of carbonyl (C=O) groups is 2. The summed E-state index contributed by atoms with van der Waals surface area (Å²) in [6, 6.07) is 9.12. The van der Waals surface area contributed by atoms with Crippen LogP contribution < -0.4 is 15.7 Å². The van der Waals surface area contributed by atoms with Crippen molar-refractivity contribution in [3.8, 4) is 5.75 Å². The molecule has 1 atom stereocenters. The van der Waals surface area contributed by atoms with Crippen LogP contribution in [0.15, 0.2) is 56.1 Å². The van der Waals surface area contributed by atoms with Crippen molar-refractivity contribution in [2.45, 2.75) is 19.4 Å². The smallest absolute Gasteiger partial charge is 0.349 e. The molecule has 1 amide bonds. The Morgan fingerprint density at radius 2 is 2.00 bits per heavy atom. The minimum atomic E-state index is -0.983. The van der Waals surface area contributed by atoms with E-state index in [4.69, 9.17) is 13.9 Å². The number of nitrogens with zero attached hydrogens (tertiary/aromatic N) is 1. The average molecular weight is 519 g/mol. The quantitative estimate of drug-likeness (QED) is 0.205. The molecule has 0 saturated carbocycles. The molecule has 1 N–H and O–H groups in total. The molecule has 10 nitrogen and oxygen atoms in total. The molecular formula is C22H19BrN2O8. The van der Waals surface area contributed by atoms with Crippen LogP contribution in [0.4, 0.5) is 5.69 Å². The molecule has 0 aliphatic rings. The Kier molecular flexibility index (Phi) is 7.44. The molecule has 0 spiro atoms. The molecular weight excluding hydrogens is 500 g/mol. The lowest BCUT2D eigenvalue weighted by atomic mass is 10.0. The second-order valence-corrected chi connectivity index (χ2v) is 7.78. The van der Waals surface area contributed by atoms with Gasteiger partial charge in [-0.05, 0) is 30.7 Å². The normalized spacial score (nSPS) is 11.6. The summed E-state index contributed by atoms with van der Waals surface area (Å²) in [5.41, 5.74) is -0.946. The van der Waals surface area contributed by atoms with Crippen LogP contribution >= 0.6 is 15.9 Å². The van der Waals surface area contributed by atoms with Crippen LogP contribution in [0.5, 0.6) is 5.75 Å². The third-order valence-corrected chi connectivity index (χ3v) is 5.15. The highest BCUT2D eigenvalue weighted by molar-refractivity contribution is 9.10. The number of rotatable bonds is 8. The Morgan fingerprint density at radius 3 is 2.67 bits per heavy atom. The highest BCUT2D eigenvalue weighted by Crippen LogP contribution is 2.30. The lowest BCUT2D eigenvalue weighted by molar-refractivity contribution is -0.384. The maximum absolute atomic E-state index is 13.0. The molecule has 0 aliphatic heterocycles. The molecule has 0 saturated heterocycles. The minimum absolute atomic E-state index is 0.124. The Morgan fingerprint density at radius 1 is 1.24 bits per heavy atom. The Balaban J connectivity index is 1.99. The first kappa shape index (κ1) is 23.9. The van der Waals surface area contributed by atoms with Crippen molar-refractivity contribution in [3.05, 3.63) is 78.6 Å². The van der Waals surface area contributed by atoms with Gasteiger partial charge in [-0.1, -0.05) is 28.1 Å². The van der Waals surface area contributed by atoms with Gasteiger partial charge in [0, 0.05) is 22.0 Å². The summed E-state index contributed by atoms with van der Waals surface area (Å²) in [5, 5.41) is 14.2. The molecule has 1 aromatic heterocycles. The van der Waals surface area contributed by atoms with E-state index in [2.05, 4.69) is 21.2 Å². The number of ether oxygens (including phenoxy) is 2. The SMILES string of the molecule is CCOC(=O)C[C@@H](NC(=O)c1cc2cc(Br)cc(OC)c2oc1=O)c1cccc([N+](=O)[O-])c1. The number of nitrogens with one attached hydrogen (secondary N) is 1. The molecule has 0 aliphatic carbocycles. The van der Waals surface area contributed by atoms with Gasteiger partial charge in [-0.25, -0.2) is 4.79 Å². The number of halogens is 1. The van der Waals surface area contributed by atoms with Crippen molar-refractivity contribution < 1.29 is 28.4 Å². The largest absolute Gasteiger partial charge is 0.493 e. The number of fused-ring (bicyclic) bond motifs is 1. The number of carbonyl (C=O) groups excluding carboxylic acids is 2. The Bertz CT molecular complexity index is 1290. The fraction of sp³-hybridized carbons (Fsp3) is 0.227. The van der Waals surface area contributed by atoms with Crippen LogP contribution in [0.3, 0.4) is 0 Å². The summed E-state index contributed by atoms with van der Waals surface area (Å²) in [6.45, 7) is 1.75. The van der Waals surface area contributed by atoms with Gasteiger partial charge in [0.05, 0.1) is 31.1 Å². The number of non-ortho nitro benzene ring substituents is 1. The first-order valence-corrected chi connectivity index (χ1v) is 10.5. The van der Waals surface area contributed by atoms with Gasteiger partial charge in [0.1, 0.15) is 5.56 Å². The number of benzene rings is 2. The van der Waals surface area contributed by atoms with E-state index in [9.17, 15) is 24.5 Å². The predicted molar refractivity (Wildman–Crippen MR) is 121 cm³/mol. The summed E-state index contributed by atoms with van der Waals surface area (Å²) in [4.78, 5) is 48.2. The maximum atomic E-state index is 13.0. The summed E-state index contributed by atoms with van der Waals surface area (Å²) in [5.74, 6) is -1.13. The number of amides is 1. The molecule has 3 aromatic rings. The topological polar surface area (TPSA) is 138 Å². The predicted octanol–water partition coefficient (Wildman–Crippen LogP) is 3.90. The zero-order valence-corrected chi connectivity index (χ0v) is 19.2. The van der Waals surface area contributed by atoms with E-state index in [-0.39, 0.29) is 29.9 Å². The molecule has 1 heterocycles. The van der Waals surface area contributed by atoms with Crippen molar-refractivity contribution >= 4 is 44.5 Å². The fourth-order valence-electron chi connectivity index (χ4n) is 3.21. The van der Waals surface area contributed by atoms with Gasteiger partial charge in [0.15, 0.2) is 11.3 Å². The summed E-state index contributed by atoms with van der Waals surface area (Å²) < 4.78 is 16.1. The zero-order chi connectivity index (χ0) is 24.1. The second kappa shape index (κ2) is 10.3. The van der Waals surface area contributed by atoms with Crippen LogP contribution in [0.1, 0.15) is 35.3 Å². The molecule has 172 valence electrons. The van der Waals surface area contributed by atoms with Gasteiger partial charge in [0.25, 0.3) is 11.6 Å². The van der Waals surface area contributed by atoms with Crippen molar-refractivity contribution in [1.82, 2.24) is 5.32 Å². The van der Waals surface area contributed by atoms with Crippen molar-refractivity contribution in [1.29, 1.82) is 0 Å². The van der Waals surface area contributed by atoms with E-state index >= 15 is 0 Å². The zero-order valence-electron chi connectivity index (χ0n) is 17.6. The standard InChI is InChI=1S/C22H19BrN2O8/c1-3-32-19(26)11-17(12-5-4-6-15(8-12)25(29)30)24-21(27)16-9-13-7-14(23)10-18(31-2)20(13)33-22(16)28/h4-10,17H,3,11H2,1-2H3,(H,24,27)/t17-/m1/s1.